The first kappa shape index (κ1) is 18.6. The predicted octanol–water partition coefficient (Wildman–Crippen LogP) is 3.22. The van der Waals surface area contributed by atoms with Gasteiger partial charge in [0.15, 0.2) is 17.6 Å². The van der Waals surface area contributed by atoms with E-state index in [1.165, 1.54) is 0 Å². The number of hydrogen-bond donors (Lipinski definition) is 1. The van der Waals surface area contributed by atoms with Gasteiger partial charge in [-0.2, -0.15) is 0 Å². The third-order valence-electron chi connectivity index (χ3n) is 3.87. The summed E-state index contributed by atoms with van der Waals surface area (Å²) in [5.41, 5.74) is 1.14. The fourth-order valence-electron chi connectivity index (χ4n) is 2.43. The largest absolute Gasteiger partial charge is 0.497 e. The van der Waals surface area contributed by atoms with E-state index < -0.39 is 6.10 Å². The molecule has 1 atom stereocenters. The van der Waals surface area contributed by atoms with Crippen LogP contribution in [-0.2, 0) is 11.2 Å². The van der Waals surface area contributed by atoms with Crippen molar-refractivity contribution >= 4 is 5.91 Å². The highest BCUT2D eigenvalue weighted by Crippen LogP contribution is 2.27. The highest BCUT2D eigenvalue weighted by atomic mass is 16.5. The van der Waals surface area contributed by atoms with E-state index in [0.29, 0.717) is 24.5 Å². The molecule has 0 saturated heterocycles. The van der Waals surface area contributed by atoms with E-state index >= 15 is 0 Å². The van der Waals surface area contributed by atoms with Crippen molar-refractivity contribution in [3.63, 3.8) is 0 Å². The Kier molecular flexibility index (Phi) is 7.14. The zero-order valence-corrected chi connectivity index (χ0v) is 15.0. The van der Waals surface area contributed by atoms with E-state index in [9.17, 15) is 4.79 Å². The lowest BCUT2D eigenvalue weighted by Crippen LogP contribution is -2.39. The summed E-state index contributed by atoms with van der Waals surface area (Å²) in [5, 5.41) is 2.93. The molecule has 25 heavy (non-hydrogen) atoms. The number of carbonyl (C=O) groups excluding carboxylic acids is 1. The van der Waals surface area contributed by atoms with Gasteiger partial charge < -0.3 is 19.5 Å². The molecule has 5 nitrogen and oxygen atoms in total. The van der Waals surface area contributed by atoms with Crippen LogP contribution in [0.4, 0.5) is 0 Å². The van der Waals surface area contributed by atoms with E-state index in [0.717, 1.165) is 17.7 Å². The maximum Gasteiger partial charge on any atom is 0.261 e. The van der Waals surface area contributed by atoms with Gasteiger partial charge >= 0.3 is 0 Å². The molecule has 0 unspecified atom stereocenters. The summed E-state index contributed by atoms with van der Waals surface area (Å²) in [7, 11) is 3.22. The molecule has 0 saturated carbocycles. The SMILES string of the molecule is CC[C@@H](Oc1ccccc1OC)C(=O)NCCc1ccc(OC)cc1. The van der Waals surface area contributed by atoms with Gasteiger partial charge in [0.1, 0.15) is 5.75 Å². The Morgan fingerprint density at radius 3 is 2.28 bits per heavy atom. The Morgan fingerprint density at radius 2 is 1.68 bits per heavy atom. The van der Waals surface area contributed by atoms with E-state index in [4.69, 9.17) is 14.2 Å². The Balaban J connectivity index is 1.86. The number of ether oxygens (including phenoxy) is 3. The van der Waals surface area contributed by atoms with E-state index in [-0.39, 0.29) is 5.91 Å². The molecular weight excluding hydrogens is 318 g/mol. The average molecular weight is 343 g/mol. The van der Waals surface area contributed by atoms with Gasteiger partial charge in [-0.05, 0) is 42.7 Å². The lowest BCUT2D eigenvalue weighted by Gasteiger charge is -2.18. The molecule has 0 aliphatic carbocycles. The zero-order chi connectivity index (χ0) is 18.1. The molecule has 0 aliphatic rings. The van der Waals surface area contributed by atoms with Crippen LogP contribution in [0.3, 0.4) is 0 Å². The first-order chi connectivity index (χ1) is 12.2. The van der Waals surface area contributed by atoms with Crippen LogP contribution < -0.4 is 19.5 Å². The van der Waals surface area contributed by atoms with Crippen molar-refractivity contribution < 1.29 is 19.0 Å². The van der Waals surface area contributed by atoms with Crippen LogP contribution in [0.1, 0.15) is 18.9 Å². The standard InChI is InChI=1S/C20H25NO4/c1-4-17(25-19-8-6-5-7-18(19)24-3)20(22)21-14-13-15-9-11-16(23-2)12-10-15/h5-12,17H,4,13-14H2,1-3H3,(H,21,22)/t17-/m1/s1. The van der Waals surface area contributed by atoms with Gasteiger partial charge in [0.25, 0.3) is 5.91 Å². The average Bonchev–Trinajstić information content (AvgIpc) is 2.66. The minimum absolute atomic E-state index is 0.123. The summed E-state index contributed by atoms with van der Waals surface area (Å²) in [4.78, 5) is 12.4. The van der Waals surface area contributed by atoms with Crippen molar-refractivity contribution in [2.45, 2.75) is 25.9 Å². The molecule has 5 heteroatoms. The summed E-state index contributed by atoms with van der Waals surface area (Å²) < 4.78 is 16.2. The van der Waals surface area contributed by atoms with Crippen molar-refractivity contribution in [3.8, 4) is 17.2 Å². The lowest BCUT2D eigenvalue weighted by molar-refractivity contribution is -0.128. The van der Waals surface area contributed by atoms with Crippen molar-refractivity contribution in [2.75, 3.05) is 20.8 Å². The van der Waals surface area contributed by atoms with E-state index in [2.05, 4.69) is 5.32 Å². The smallest absolute Gasteiger partial charge is 0.261 e. The Bertz CT molecular complexity index is 670. The monoisotopic (exact) mass is 343 g/mol. The van der Waals surface area contributed by atoms with Crippen LogP contribution in [0.2, 0.25) is 0 Å². The fraction of sp³-hybridized carbons (Fsp3) is 0.350. The zero-order valence-electron chi connectivity index (χ0n) is 15.0. The maximum atomic E-state index is 12.4. The second-order valence-corrected chi connectivity index (χ2v) is 5.55. The second-order valence-electron chi connectivity index (χ2n) is 5.55. The topological polar surface area (TPSA) is 56.8 Å². The summed E-state index contributed by atoms with van der Waals surface area (Å²) in [5.74, 6) is 1.89. The highest BCUT2D eigenvalue weighted by molar-refractivity contribution is 5.81. The van der Waals surface area contributed by atoms with Crippen molar-refractivity contribution in [1.82, 2.24) is 5.32 Å². The second kappa shape index (κ2) is 9.57. The molecule has 1 N–H and O–H groups in total. The fourth-order valence-corrected chi connectivity index (χ4v) is 2.43. The number of benzene rings is 2. The van der Waals surface area contributed by atoms with Crippen molar-refractivity contribution in [2.24, 2.45) is 0 Å². The van der Waals surface area contributed by atoms with Gasteiger partial charge in [0.2, 0.25) is 0 Å². The van der Waals surface area contributed by atoms with Gasteiger partial charge in [-0.3, -0.25) is 4.79 Å². The third-order valence-corrected chi connectivity index (χ3v) is 3.87. The Morgan fingerprint density at radius 1 is 1.00 bits per heavy atom. The molecule has 1 amide bonds. The van der Waals surface area contributed by atoms with Crippen LogP contribution in [0.5, 0.6) is 17.2 Å². The summed E-state index contributed by atoms with van der Waals surface area (Å²) in [6.45, 7) is 2.47. The van der Waals surface area contributed by atoms with Gasteiger partial charge in [0.05, 0.1) is 14.2 Å². The van der Waals surface area contributed by atoms with E-state index in [1.54, 1.807) is 20.3 Å². The number of carbonyl (C=O) groups is 1. The number of amides is 1. The van der Waals surface area contributed by atoms with Gasteiger partial charge in [-0.25, -0.2) is 0 Å². The molecule has 0 aromatic heterocycles. The molecule has 0 bridgehead atoms. The number of nitrogens with one attached hydrogen (secondary N) is 1. The summed E-state index contributed by atoms with van der Waals surface area (Å²) in [6.07, 6.45) is 0.778. The summed E-state index contributed by atoms with van der Waals surface area (Å²) >= 11 is 0. The quantitative estimate of drug-likeness (QED) is 0.759. The molecule has 2 aromatic carbocycles. The van der Waals surface area contributed by atoms with Crippen LogP contribution in [-0.4, -0.2) is 32.8 Å². The van der Waals surface area contributed by atoms with Gasteiger partial charge in [-0.15, -0.1) is 0 Å². The normalized spacial score (nSPS) is 11.5. The predicted molar refractivity (Wildman–Crippen MR) is 97.4 cm³/mol. The molecule has 0 spiro atoms. The Hall–Kier alpha value is -2.69. The molecule has 2 aromatic rings. The molecule has 2 rings (SSSR count). The van der Waals surface area contributed by atoms with E-state index in [1.807, 2.05) is 49.4 Å². The molecule has 0 fully saturated rings. The van der Waals surface area contributed by atoms with Crippen molar-refractivity contribution in [1.29, 1.82) is 0 Å². The summed E-state index contributed by atoms with van der Waals surface area (Å²) in [6, 6.07) is 15.1. The van der Waals surface area contributed by atoms with Gasteiger partial charge in [-0.1, -0.05) is 31.2 Å². The first-order valence-electron chi connectivity index (χ1n) is 8.38. The van der Waals surface area contributed by atoms with Crippen LogP contribution in [0.25, 0.3) is 0 Å². The minimum Gasteiger partial charge on any atom is -0.497 e. The number of rotatable bonds is 9. The first-order valence-corrected chi connectivity index (χ1v) is 8.38. The molecular formula is C20H25NO4. The number of hydrogen-bond acceptors (Lipinski definition) is 4. The highest BCUT2D eigenvalue weighted by Gasteiger charge is 2.19. The van der Waals surface area contributed by atoms with Crippen LogP contribution >= 0.6 is 0 Å². The minimum atomic E-state index is -0.549. The number of methoxy groups -OCH3 is 2. The van der Waals surface area contributed by atoms with Crippen molar-refractivity contribution in [3.05, 3.63) is 54.1 Å². The third kappa shape index (κ3) is 5.41. The lowest BCUT2D eigenvalue weighted by atomic mass is 10.1. The maximum absolute atomic E-state index is 12.4. The van der Waals surface area contributed by atoms with Gasteiger partial charge in [0, 0.05) is 6.54 Å². The van der Waals surface area contributed by atoms with Crippen LogP contribution in [0.15, 0.2) is 48.5 Å². The number of para-hydroxylation sites is 2. The molecule has 0 heterocycles. The molecule has 0 aliphatic heterocycles. The molecule has 0 radical (unpaired) electrons. The molecule has 134 valence electrons. The Labute approximate surface area is 148 Å². The van der Waals surface area contributed by atoms with Crippen LogP contribution in [0, 0.1) is 0 Å².